The van der Waals surface area contributed by atoms with E-state index in [2.05, 4.69) is 5.32 Å². The first-order valence-electron chi connectivity index (χ1n) is 7.56. The van der Waals surface area contributed by atoms with Gasteiger partial charge in [-0.05, 0) is 34.6 Å². The number of carbonyl (C=O) groups excluding carboxylic acids is 2. The third-order valence-corrected chi connectivity index (χ3v) is 2.90. The van der Waals surface area contributed by atoms with Crippen molar-refractivity contribution in [1.82, 2.24) is 10.2 Å². The Bertz CT molecular complexity index is 325. The molecule has 6 heteroatoms. The number of carbonyl (C=O) groups is 2. The number of ether oxygens (including phenoxy) is 1. The van der Waals surface area contributed by atoms with E-state index in [9.17, 15) is 9.59 Å². The van der Waals surface area contributed by atoms with Gasteiger partial charge in [0.15, 0.2) is 0 Å². The first-order valence-corrected chi connectivity index (χ1v) is 7.56. The van der Waals surface area contributed by atoms with Crippen LogP contribution in [-0.2, 0) is 14.3 Å². The summed E-state index contributed by atoms with van der Waals surface area (Å²) in [4.78, 5) is 25.6. The van der Waals surface area contributed by atoms with Crippen molar-refractivity contribution >= 4 is 11.8 Å². The Morgan fingerprint density at radius 2 is 1.81 bits per heavy atom. The summed E-state index contributed by atoms with van der Waals surface area (Å²) in [5, 5.41) is 2.74. The van der Waals surface area contributed by atoms with Gasteiger partial charge in [-0.25, -0.2) is 0 Å². The first kappa shape index (κ1) is 19.9. The van der Waals surface area contributed by atoms with Crippen molar-refractivity contribution in [2.75, 3.05) is 26.3 Å². The highest BCUT2D eigenvalue weighted by Gasteiger charge is 2.28. The lowest BCUT2D eigenvalue weighted by molar-refractivity contribution is -0.138. The Balaban J connectivity index is 4.05. The molecule has 0 aromatic rings. The van der Waals surface area contributed by atoms with Crippen LogP contribution in [0.1, 0.15) is 47.5 Å². The van der Waals surface area contributed by atoms with E-state index in [-0.39, 0.29) is 23.4 Å². The number of rotatable bonds is 9. The second-order valence-electron chi connectivity index (χ2n) is 6.28. The second-order valence-corrected chi connectivity index (χ2v) is 6.28. The van der Waals surface area contributed by atoms with Crippen LogP contribution in [0, 0.1) is 0 Å². The lowest BCUT2D eigenvalue weighted by Gasteiger charge is -2.39. The molecule has 0 atom stereocenters. The fourth-order valence-electron chi connectivity index (χ4n) is 2.30. The number of hydrogen-bond acceptors (Lipinski definition) is 4. The molecular formula is C15H31N3O3. The van der Waals surface area contributed by atoms with Gasteiger partial charge in [-0.3, -0.25) is 9.59 Å². The van der Waals surface area contributed by atoms with Gasteiger partial charge >= 0.3 is 0 Å². The van der Waals surface area contributed by atoms with Crippen LogP contribution in [0.2, 0.25) is 0 Å². The highest BCUT2D eigenvalue weighted by Crippen LogP contribution is 2.17. The Kier molecular flexibility index (Phi) is 9.21. The molecular weight excluding hydrogens is 270 g/mol. The molecule has 0 bridgehead atoms. The minimum absolute atomic E-state index is 0.0529. The molecule has 0 aliphatic heterocycles. The Hall–Kier alpha value is -1.14. The van der Waals surface area contributed by atoms with Gasteiger partial charge in [0.1, 0.15) is 0 Å². The van der Waals surface area contributed by atoms with Gasteiger partial charge in [-0.1, -0.05) is 0 Å². The highest BCUT2D eigenvalue weighted by atomic mass is 16.5. The van der Waals surface area contributed by atoms with Crippen molar-refractivity contribution in [3.63, 3.8) is 0 Å². The maximum absolute atomic E-state index is 12.2. The normalized spacial score (nSPS) is 11.6. The van der Waals surface area contributed by atoms with E-state index in [4.69, 9.17) is 10.5 Å². The van der Waals surface area contributed by atoms with Gasteiger partial charge in [0.2, 0.25) is 11.8 Å². The molecule has 6 nitrogen and oxygen atoms in total. The Morgan fingerprint density at radius 3 is 2.29 bits per heavy atom. The quantitative estimate of drug-likeness (QED) is 0.620. The minimum Gasteiger partial charge on any atom is -0.380 e. The molecule has 0 rings (SSSR count). The number of hydrogen-bond donors (Lipinski definition) is 2. The fourth-order valence-corrected chi connectivity index (χ4v) is 2.30. The SMILES string of the molecule is CC(C)N(C(=O)CCNC(=O)CCOCCN)C(C)(C)C. The monoisotopic (exact) mass is 301 g/mol. The molecule has 0 fully saturated rings. The van der Waals surface area contributed by atoms with E-state index in [1.165, 1.54) is 0 Å². The first-order chi connectivity index (χ1) is 9.70. The van der Waals surface area contributed by atoms with E-state index >= 15 is 0 Å². The summed E-state index contributed by atoms with van der Waals surface area (Å²) in [6, 6.07) is 0.137. The Morgan fingerprint density at radius 1 is 1.19 bits per heavy atom. The summed E-state index contributed by atoms with van der Waals surface area (Å²) in [7, 11) is 0. The van der Waals surface area contributed by atoms with Crippen molar-refractivity contribution < 1.29 is 14.3 Å². The molecule has 21 heavy (non-hydrogen) atoms. The van der Waals surface area contributed by atoms with Gasteiger partial charge in [0.25, 0.3) is 0 Å². The van der Waals surface area contributed by atoms with Gasteiger partial charge in [-0.15, -0.1) is 0 Å². The van der Waals surface area contributed by atoms with Crippen LogP contribution < -0.4 is 11.1 Å². The molecule has 0 saturated carbocycles. The van der Waals surface area contributed by atoms with Gasteiger partial charge in [0, 0.05) is 37.5 Å². The fraction of sp³-hybridized carbons (Fsp3) is 0.867. The van der Waals surface area contributed by atoms with Crippen LogP contribution in [-0.4, -0.2) is 54.6 Å². The van der Waals surface area contributed by atoms with Gasteiger partial charge in [0.05, 0.1) is 13.2 Å². The summed E-state index contributed by atoms with van der Waals surface area (Å²) in [6.45, 7) is 11.7. The van der Waals surface area contributed by atoms with Crippen molar-refractivity contribution in [3.8, 4) is 0 Å². The molecule has 3 N–H and O–H groups in total. The molecule has 0 aromatic heterocycles. The molecule has 124 valence electrons. The van der Waals surface area contributed by atoms with Crippen LogP contribution in [0.25, 0.3) is 0 Å². The minimum atomic E-state index is -0.217. The van der Waals surface area contributed by atoms with Crippen molar-refractivity contribution in [3.05, 3.63) is 0 Å². The topological polar surface area (TPSA) is 84.7 Å². The van der Waals surface area contributed by atoms with Crippen LogP contribution in [0.15, 0.2) is 0 Å². The summed E-state index contributed by atoms with van der Waals surface area (Å²) in [5.41, 5.74) is 5.06. The number of nitrogens with one attached hydrogen (secondary N) is 1. The summed E-state index contributed by atoms with van der Waals surface area (Å²) < 4.78 is 5.13. The van der Waals surface area contributed by atoms with Crippen molar-refractivity contribution in [1.29, 1.82) is 0 Å². The van der Waals surface area contributed by atoms with Crippen LogP contribution in [0.5, 0.6) is 0 Å². The smallest absolute Gasteiger partial charge is 0.225 e. The zero-order chi connectivity index (χ0) is 16.5. The van der Waals surface area contributed by atoms with E-state index < -0.39 is 0 Å². The molecule has 0 spiro atoms. The molecule has 0 unspecified atom stereocenters. The molecule has 0 aromatic carbocycles. The summed E-state index contributed by atoms with van der Waals surface area (Å²) in [6.07, 6.45) is 0.603. The van der Waals surface area contributed by atoms with Crippen molar-refractivity contribution in [2.24, 2.45) is 5.73 Å². The van der Waals surface area contributed by atoms with Gasteiger partial charge in [-0.2, -0.15) is 0 Å². The largest absolute Gasteiger partial charge is 0.380 e. The lowest BCUT2D eigenvalue weighted by Crippen LogP contribution is -2.50. The molecule has 2 amide bonds. The average Bonchev–Trinajstić information content (AvgIpc) is 2.32. The van der Waals surface area contributed by atoms with Crippen molar-refractivity contribution in [2.45, 2.75) is 59.0 Å². The number of nitrogens with zero attached hydrogens (tertiary/aromatic N) is 1. The molecule has 0 saturated heterocycles. The number of nitrogens with two attached hydrogens (primary N) is 1. The third kappa shape index (κ3) is 8.67. The maximum atomic E-state index is 12.2. The Labute approximate surface area is 128 Å². The van der Waals surface area contributed by atoms with E-state index in [1.807, 2.05) is 39.5 Å². The van der Waals surface area contributed by atoms with Crippen LogP contribution in [0.4, 0.5) is 0 Å². The summed E-state index contributed by atoms with van der Waals surface area (Å²) >= 11 is 0. The second kappa shape index (κ2) is 9.73. The highest BCUT2D eigenvalue weighted by molar-refractivity contribution is 5.79. The molecule has 0 aliphatic rings. The predicted octanol–water partition coefficient (Wildman–Crippen LogP) is 0.894. The zero-order valence-electron chi connectivity index (χ0n) is 14.1. The van der Waals surface area contributed by atoms with E-state index in [0.717, 1.165) is 0 Å². The predicted molar refractivity (Wildman–Crippen MR) is 83.9 cm³/mol. The van der Waals surface area contributed by atoms with Crippen LogP contribution in [0.3, 0.4) is 0 Å². The third-order valence-electron chi connectivity index (χ3n) is 2.90. The van der Waals surface area contributed by atoms with E-state index in [1.54, 1.807) is 0 Å². The summed E-state index contributed by atoms with van der Waals surface area (Å²) in [5.74, 6) is -0.0520. The lowest BCUT2D eigenvalue weighted by atomic mass is 10.0. The van der Waals surface area contributed by atoms with Crippen LogP contribution >= 0.6 is 0 Å². The molecule has 0 aliphatic carbocycles. The molecule has 0 heterocycles. The number of amides is 2. The maximum Gasteiger partial charge on any atom is 0.225 e. The van der Waals surface area contributed by atoms with E-state index in [0.29, 0.717) is 39.1 Å². The zero-order valence-corrected chi connectivity index (χ0v) is 14.1. The van der Waals surface area contributed by atoms with Gasteiger partial charge < -0.3 is 20.7 Å². The molecule has 0 radical (unpaired) electrons. The standard InChI is InChI=1S/C15H31N3O3/c1-12(2)18(15(3,4)5)14(20)6-9-17-13(19)7-10-21-11-8-16/h12H,6-11,16H2,1-5H3,(H,17,19). The average molecular weight is 301 g/mol.